The van der Waals surface area contributed by atoms with Gasteiger partial charge in [-0.1, -0.05) is 25.4 Å². The van der Waals surface area contributed by atoms with E-state index >= 15 is 0 Å². The zero-order valence-electron chi connectivity index (χ0n) is 10.2. The molecule has 1 saturated carbocycles. The monoisotopic (exact) mass is 240 g/mol. The number of carbonyl (C=O) groups excluding carboxylic acids is 1. The summed E-state index contributed by atoms with van der Waals surface area (Å²) in [6, 6.07) is 0. The molecule has 1 aliphatic carbocycles. The van der Waals surface area contributed by atoms with Gasteiger partial charge in [0.1, 0.15) is 5.78 Å². The van der Waals surface area contributed by atoms with Crippen LogP contribution in [0.2, 0.25) is 5.02 Å². The summed E-state index contributed by atoms with van der Waals surface area (Å²) >= 11 is 6.12. The largest absolute Gasteiger partial charge is 0.299 e. The lowest BCUT2D eigenvalue weighted by Crippen LogP contribution is -2.12. The number of carbonyl (C=O) groups is 1. The van der Waals surface area contributed by atoms with Crippen molar-refractivity contribution in [2.75, 3.05) is 0 Å². The van der Waals surface area contributed by atoms with Gasteiger partial charge >= 0.3 is 0 Å². The van der Waals surface area contributed by atoms with Crippen LogP contribution in [0.4, 0.5) is 0 Å². The fourth-order valence-corrected chi connectivity index (χ4v) is 2.40. The van der Waals surface area contributed by atoms with Gasteiger partial charge in [-0.05, 0) is 18.8 Å². The van der Waals surface area contributed by atoms with Crippen LogP contribution < -0.4 is 0 Å². The van der Waals surface area contributed by atoms with Crippen LogP contribution >= 0.6 is 11.6 Å². The fourth-order valence-electron chi connectivity index (χ4n) is 2.18. The molecule has 0 bridgehead atoms. The second-order valence-corrected chi connectivity index (χ2v) is 5.74. The predicted octanol–water partition coefficient (Wildman–Crippen LogP) is 2.54. The summed E-state index contributed by atoms with van der Waals surface area (Å²) in [6.07, 6.45) is 1.41. The van der Waals surface area contributed by atoms with Gasteiger partial charge in [-0.2, -0.15) is 5.10 Å². The molecule has 0 aromatic carbocycles. The highest BCUT2D eigenvalue weighted by molar-refractivity contribution is 6.32. The zero-order valence-corrected chi connectivity index (χ0v) is 10.9. The van der Waals surface area contributed by atoms with Gasteiger partial charge in [0.05, 0.1) is 22.8 Å². The van der Waals surface area contributed by atoms with Gasteiger partial charge in [0, 0.05) is 13.0 Å². The first-order valence-electron chi connectivity index (χ1n) is 5.53. The topological polar surface area (TPSA) is 34.9 Å². The van der Waals surface area contributed by atoms with Crippen LogP contribution in [0.15, 0.2) is 0 Å². The summed E-state index contributed by atoms with van der Waals surface area (Å²) in [6.45, 7) is 6.12. The number of halogens is 1. The van der Waals surface area contributed by atoms with Gasteiger partial charge in [0.25, 0.3) is 0 Å². The average Bonchev–Trinajstić information content (AvgIpc) is 2.75. The van der Waals surface area contributed by atoms with Gasteiger partial charge in [0.2, 0.25) is 0 Å². The van der Waals surface area contributed by atoms with E-state index in [1.807, 2.05) is 14.0 Å². The third-order valence-corrected chi connectivity index (χ3v) is 4.00. The third kappa shape index (κ3) is 1.88. The Labute approximate surface area is 101 Å². The average molecular weight is 241 g/mol. The number of nitrogens with zero attached hydrogens (tertiary/aromatic N) is 2. The van der Waals surface area contributed by atoms with Crippen molar-refractivity contribution in [2.24, 2.45) is 18.4 Å². The first-order chi connectivity index (χ1) is 7.33. The number of aryl methyl sites for hydroxylation is 2. The smallest absolute Gasteiger partial charge is 0.142 e. The molecular formula is C12H17ClN2O. The van der Waals surface area contributed by atoms with E-state index in [1.54, 1.807) is 4.68 Å². The Morgan fingerprint density at radius 2 is 2.19 bits per heavy atom. The molecule has 88 valence electrons. The van der Waals surface area contributed by atoms with Crippen LogP contribution in [-0.4, -0.2) is 15.6 Å². The van der Waals surface area contributed by atoms with E-state index in [4.69, 9.17) is 11.6 Å². The van der Waals surface area contributed by atoms with Crippen molar-refractivity contribution >= 4 is 17.4 Å². The lowest BCUT2D eigenvalue weighted by molar-refractivity contribution is -0.120. The van der Waals surface area contributed by atoms with Crippen LogP contribution in [0.1, 0.15) is 31.7 Å². The zero-order chi connectivity index (χ0) is 12.1. The molecule has 0 aliphatic heterocycles. The Morgan fingerprint density at radius 1 is 1.62 bits per heavy atom. The molecular weight excluding hydrogens is 224 g/mol. The highest BCUT2D eigenvalue weighted by Gasteiger charge is 2.50. The minimum absolute atomic E-state index is 0.192. The van der Waals surface area contributed by atoms with Gasteiger partial charge in [-0.15, -0.1) is 0 Å². The van der Waals surface area contributed by atoms with Crippen molar-refractivity contribution in [3.05, 3.63) is 16.4 Å². The van der Waals surface area contributed by atoms with E-state index in [0.29, 0.717) is 11.4 Å². The lowest BCUT2D eigenvalue weighted by Gasteiger charge is -2.04. The maximum Gasteiger partial charge on any atom is 0.142 e. The highest BCUT2D eigenvalue weighted by Crippen LogP contribution is 2.52. The van der Waals surface area contributed by atoms with E-state index in [1.165, 1.54) is 0 Å². The van der Waals surface area contributed by atoms with E-state index in [9.17, 15) is 4.79 Å². The minimum atomic E-state index is 0.192. The molecule has 0 N–H and O–H groups in total. The quantitative estimate of drug-likeness (QED) is 0.814. The number of Topliss-reactive ketones (excluding diaryl/α,β-unsaturated/α-hetero) is 1. The molecule has 4 heteroatoms. The SMILES string of the molecule is Cc1nn(C)c(CC(=O)C2CC2(C)C)c1Cl. The van der Waals surface area contributed by atoms with Crippen LogP contribution in [0.3, 0.4) is 0 Å². The van der Waals surface area contributed by atoms with E-state index < -0.39 is 0 Å². The molecule has 1 aromatic rings. The van der Waals surface area contributed by atoms with Crippen molar-refractivity contribution in [2.45, 2.75) is 33.6 Å². The Kier molecular flexibility index (Phi) is 2.61. The van der Waals surface area contributed by atoms with Gasteiger partial charge < -0.3 is 0 Å². The molecule has 1 unspecified atom stereocenters. The van der Waals surface area contributed by atoms with Crippen molar-refractivity contribution in [1.82, 2.24) is 9.78 Å². The third-order valence-electron chi connectivity index (χ3n) is 3.51. The summed E-state index contributed by atoms with van der Waals surface area (Å²) in [7, 11) is 1.83. The van der Waals surface area contributed by atoms with Crippen molar-refractivity contribution in [3.63, 3.8) is 0 Å². The van der Waals surface area contributed by atoms with E-state index in [0.717, 1.165) is 17.8 Å². The summed E-state index contributed by atoms with van der Waals surface area (Å²) in [5.41, 5.74) is 1.82. The molecule has 0 amide bonds. The second kappa shape index (κ2) is 3.59. The maximum absolute atomic E-state index is 12.0. The number of aromatic nitrogens is 2. The number of hydrogen-bond donors (Lipinski definition) is 0. The number of hydrogen-bond acceptors (Lipinski definition) is 2. The van der Waals surface area contributed by atoms with Crippen molar-refractivity contribution < 1.29 is 4.79 Å². The molecule has 0 spiro atoms. The lowest BCUT2D eigenvalue weighted by atomic mass is 10.0. The predicted molar refractivity (Wildman–Crippen MR) is 63.6 cm³/mol. The first kappa shape index (κ1) is 11.6. The summed E-state index contributed by atoms with van der Waals surface area (Å²) in [5.74, 6) is 0.494. The van der Waals surface area contributed by atoms with E-state index in [-0.39, 0.29) is 17.1 Å². The van der Waals surface area contributed by atoms with Crippen molar-refractivity contribution in [1.29, 1.82) is 0 Å². The molecule has 1 atom stereocenters. The minimum Gasteiger partial charge on any atom is -0.299 e. The number of rotatable bonds is 3. The van der Waals surface area contributed by atoms with Crippen LogP contribution in [0.5, 0.6) is 0 Å². The molecule has 1 fully saturated rings. The van der Waals surface area contributed by atoms with Crippen LogP contribution in [0.25, 0.3) is 0 Å². The number of ketones is 1. The maximum atomic E-state index is 12.0. The second-order valence-electron chi connectivity index (χ2n) is 5.36. The van der Waals surface area contributed by atoms with Gasteiger partial charge in [0.15, 0.2) is 0 Å². The Balaban J connectivity index is 2.13. The Hall–Kier alpha value is -0.830. The molecule has 1 aliphatic rings. The molecule has 1 aromatic heterocycles. The Bertz CT molecular complexity index is 448. The molecule has 0 radical (unpaired) electrons. The molecule has 2 rings (SSSR count). The molecule has 16 heavy (non-hydrogen) atoms. The van der Waals surface area contributed by atoms with Crippen LogP contribution in [-0.2, 0) is 18.3 Å². The molecule has 0 saturated heterocycles. The summed E-state index contributed by atoms with van der Waals surface area (Å²) in [4.78, 5) is 12.0. The highest BCUT2D eigenvalue weighted by atomic mass is 35.5. The summed E-state index contributed by atoms with van der Waals surface area (Å²) < 4.78 is 1.71. The fraction of sp³-hybridized carbons (Fsp3) is 0.667. The standard InChI is InChI=1S/C12H17ClN2O/c1-7-11(13)9(15(4)14-7)5-10(16)8-6-12(8,2)3/h8H,5-6H2,1-4H3. The summed E-state index contributed by atoms with van der Waals surface area (Å²) in [5, 5.41) is 4.85. The first-order valence-corrected chi connectivity index (χ1v) is 5.91. The van der Waals surface area contributed by atoms with Gasteiger partial charge in [-0.3, -0.25) is 9.48 Å². The van der Waals surface area contributed by atoms with Gasteiger partial charge in [-0.25, -0.2) is 0 Å². The van der Waals surface area contributed by atoms with Crippen LogP contribution in [0, 0.1) is 18.3 Å². The molecule has 3 nitrogen and oxygen atoms in total. The normalized spacial score (nSPS) is 22.2. The molecule has 1 heterocycles. The van der Waals surface area contributed by atoms with Crippen molar-refractivity contribution in [3.8, 4) is 0 Å². The van der Waals surface area contributed by atoms with E-state index in [2.05, 4.69) is 18.9 Å². The Morgan fingerprint density at radius 3 is 2.56 bits per heavy atom.